The average molecular weight is 261 g/mol. The Morgan fingerprint density at radius 3 is 2.79 bits per heavy atom. The Hall–Kier alpha value is -1.35. The number of carbonyl (C=O) groups is 1. The van der Waals surface area contributed by atoms with Crippen molar-refractivity contribution in [2.24, 2.45) is 0 Å². The van der Waals surface area contributed by atoms with Crippen LogP contribution in [-0.4, -0.2) is 36.1 Å². The van der Waals surface area contributed by atoms with Crippen LogP contribution in [0.25, 0.3) is 0 Å². The first-order chi connectivity index (χ1) is 9.20. The van der Waals surface area contributed by atoms with E-state index < -0.39 is 0 Å². The van der Waals surface area contributed by atoms with Gasteiger partial charge in [0, 0.05) is 13.0 Å². The molecule has 0 radical (unpaired) electrons. The van der Waals surface area contributed by atoms with Gasteiger partial charge in [-0.15, -0.1) is 0 Å². The molecule has 2 atom stereocenters. The van der Waals surface area contributed by atoms with E-state index in [2.05, 4.69) is 31.2 Å². The van der Waals surface area contributed by atoms with Crippen LogP contribution in [0.4, 0.5) is 0 Å². The van der Waals surface area contributed by atoms with Crippen LogP contribution < -0.4 is 0 Å². The second-order valence-corrected chi connectivity index (χ2v) is 5.23. The van der Waals surface area contributed by atoms with E-state index in [1.54, 1.807) is 0 Å². The van der Waals surface area contributed by atoms with Gasteiger partial charge in [-0.1, -0.05) is 37.3 Å². The van der Waals surface area contributed by atoms with Crippen LogP contribution in [0.2, 0.25) is 0 Å². The van der Waals surface area contributed by atoms with Crippen molar-refractivity contribution < 1.29 is 9.53 Å². The molecule has 19 heavy (non-hydrogen) atoms. The van der Waals surface area contributed by atoms with Gasteiger partial charge in [-0.05, 0) is 25.3 Å². The second-order valence-electron chi connectivity index (χ2n) is 5.23. The van der Waals surface area contributed by atoms with Crippen molar-refractivity contribution in [3.63, 3.8) is 0 Å². The summed E-state index contributed by atoms with van der Waals surface area (Å²) in [6, 6.07) is 10.6. The molecule has 0 saturated carbocycles. The Balaban J connectivity index is 1.86. The van der Waals surface area contributed by atoms with Crippen LogP contribution in [0.1, 0.15) is 32.3 Å². The van der Waals surface area contributed by atoms with Gasteiger partial charge in [-0.2, -0.15) is 0 Å². The van der Waals surface area contributed by atoms with Gasteiger partial charge in [0.2, 0.25) is 5.91 Å². The zero-order chi connectivity index (χ0) is 13.7. The monoisotopic (exact) mass is 261 g/mol. The summed E-state index contributed by atoms with van der Waals surface area (Å²) in [5.74, 6) is 0.237. The highest BCUT2D eigenvalue weighted by Crippen LogP contribution is 2.17. The van der Waals surface area contributed by atoms with Gasteiger partial charge in [0.05, 0.1) is 18.8 Å². The molecule has 104 valence electrons. The smallest absolute Gasteiger partial charge is 0.222 e. The lowest BCUT2D eigenvalue weighted by Gasteiger charge is -2.38. The van der Waals surface area contributed by atoms with Crippen LogP contribution in [-0.2, 0) is 16.0 Å². The molecule has 2 rings (SSSR count). The van der Waals surface area contributed by atoms with E-state index in [1.165, 1.54) is 5.56 Å². The van der Waals surface area contributed by atoms with E-state index in [0.29, 0.717) is 13.0 Å². The Kier molecular flexibility index (Phi) is 4.97. The van der Waals surface area contributed by atoms with E-state index in [4.69, 9.17) is 4.74 Å². The molecule has 1 saturated heterocycles. The molecule has 1 heterocycles. The van der Waals surface area contributed by atoms with Gasteiger partial charge in [-0.25, -0.2) is 0 Å². The fourth-order valence-corrected chi connectivity index (χ4v) is 2.52. The standard InChI is InChI=1S/C16H23NO2/c1-3-16(18)17-11-15(19-12-13(17)2)10-9-14-7-5-4-6-8-14/h4-8,13,15H,3,9-12H2,1-2H3. The Labute approximate surface area is 115 Å². The SMILES string of the molecule is CCC(=O)N1CC(CCc2ccccc2)OCC1C. The van der Waals surface area contributed by atoms with E-state index in [1.807, 2.05) is 17.9 Å². The summed E-state index contributed by atoms with van der Waals surface area (Å²) in [6.07, 6.45) is 2.74. The number of carbonyl (C=O) groups excluding carboxylic acids is 1. The number of rotatable bonds is 4. The predicted molar refractivity (Wildman–Crippen MR) is 76.0 cm³/mol. The summed E-state index contributed by atoms with van der Waals surface area (Å²) in [5.41, 5.74) is 1.33. The molecule has 3 heteroatoms. The fourth-order valence-electron chi connectivity index (χ4n) is 2.52. The normalized spacial score (nSPS) is 23.4. The Morgan fingerprint density at radius 2 is 2.11 bits per heavy atom. The molecule has 0 aromatic heterocycles. The maximum atomic E-state index is 11.9. The lowest BCUT2D eigenvalue weighted by atomic mass is 10.0. The van der Waals surface area contributed by atoms with E-state index in [0.717, 1.165) is 19.4 Å². The molecular formula is C16H23NO2. The number of hydrogen-bond acceptors (Lipinski definition) is 2. The Bertz CT molecular complexity index is 404. The van der Waals surface area contributed by atoms with Gasteiger partial charge in [0.15, 0.2) is 0 Å². The molecule has 0 aliphatic carbocycles. The zero-order valence-electron chi connectivity index (χ0n) is 11.8. The summed E-state index contributed by atoms with van der Waals surface area (Å²) in [4.78, 5) is 13.8. The average Bonchev–Trinajstić information content (AvgIpc) is 2.46. The third-order valence-electron chi connectivity index (χ3n) is 3.73. The highest BCUT2D eigenvalue weighted by molar-refractivity contribution is 5.76. The van der Waals surface area contributed by atoms with Gasteiger partial charge >= 0.3 is 0 Å². The van der Waals surface area contributed by atoms with E-state index in [-0.39, 0.29) is 18.1 Å². The van der Waals surface area contributed by atoms with Crippen molar-refractivity contribution in [1.29, 1.82) is 0 Å². The number of aryl methyl sites for hydroxylation is 1. The molecule has 3 nitrogen and oxygen atoms in total. The Morgan fingerprint density at radius 1 is 1.37 bits per heavy atom. The van der Waals surface area contributed by atoms with Crippen molar-refractivity contribution in [1.82, 2.24) is 4.90 Å². The highest BCUT2D eigenvalue weighted by Gasteiger charge is 2.28. The molecule has 1 aliphatic heterocycles. The minimum absolute atomic E-state index is 0.173. The summed E-state index contributed by atoms with van der Waals surface area (Å²) in [5, 5.41) is 0. The summed E-state index contributed by atoms with van der Waals surface area (Å²) >= 11 is 0. The van der Waals surface area contributed by atoms with Crippen molar-refractivity contribution >= 4 is 5.91 Å². The number of amides is 1. The summed E-state index contributed by atoms with van der Waals surface area (Å²) in [7, 11) is 0. The molecule has 1 aliphatic rings. The van der Waals surface area contributed by atoms with Crippen LogP contribution in [0.3, 0.4) is 0 Å². The molecule has 1 amide bonds. The van der Waals surface area contributed by atoms with E-state index >= 15 is 0 Å². The van der Waals surface area contributed by atoms with Crippen molar-refractivity contribution in [3.8, 4) is 0 Å². The predicted octanol–water partition coefficient (Wildman–Crippen LogP) is 2.65. The third kappa shape index (κ3) is 3.80. The number of benzene rings is 1. The summed E-state index contributed by atoms with van der Waals surface area (Å²) < 4.78 is 5.84. The highest BCUT2D eigenvalue weighted by atomic mass is 16.5. The third-order valence-corrected chi connectivity index (χ3v) is 3.73. The molecular weight excluding hydrogens is 238 g/mol. The second kappa shape index (κ2) is 6.71. The van der Waals surface area contributed by atoms with Gasteiger partial charge in [0.25, 0.3) is 0 Å². The van der Waals surface area contributed by atoms with E-state index in [9.17, 15) is 4.79 Å². The van der Waals surface area contributed by atoms with Crippen LogP contribution in [0.5, 0.6) is 0 Å². The first-order valence-corrected chi connectivity index (χ1v) is 7.15. The first kappa shape index (κ1) is 14.1. The van der Waals surface area contributed by atoms with Gasteiger partial charge in [-0.3, -0.25) is 4.79 Å². The largest absolute Gasteiger partial charge is 0.374 e. The van der Waals surface area contributed by atoms with Crippen molar-refractivity contribution in [2.45, 2.75) is 45.3 Å². The van der Waals surface area contributed by atoms with Crippen LogP contribution >= 0.6 is 0 Å². The zero-order valence-corrected chi connectivity index (χ0v) is 11.8. The minimum Gasteiger partial charge on any atom is -0.374 e. The topological polar surface area (TPSA) is 29.5 Å². The lowest BCUT2D eigenvalue weighted by molar-refractivity contribution is -0.144. The quantitative estimate of drug-likeness (QED) is 0.834. The number of hydrogen-bond donors (Lipinski definition) is 0. The van der Waals surface area contributed by atoms with Gasteiger partial charge < -0.3 is 9.64 Å². The minimum atomic E-state index is 0.173. The number of nitrogens with zero attached hydrogens (tertiary/aromatic N) is 1. The van der Waals surface area contributed by atoms with Crippen molar-refractivity contribution in [2.75, 3.05) is 13.2 Å². The number of morpholine rings is 1. The van der Waals surface area contributed by atoms with Gasteiger partial charge in [0.1, 0.15) is 0 Å². The van der Waals surface area contributed by atoms with Crippen LogP contribution in [0.15, 0.2) is 30.3 Å². The maximum absolute atomic E-state index is 11.9. The molecule has 0 spiro atoms. The fraction of sp³-hybridized carbons (Fsp3) is 0.562. The molecule has 0 bridgehead atoms. The number of ether oxygens (including phenoxy) is 1. The molecule has 1 aromatic carbocycles. The molecule has 1 aromatic rings. The molecule has 2 unspecified atom stereocenters. The molecule has 1 fully saturated rings. The maximum Gasteiger partial charge on any atom is 0.222 e. The summed E-state index contributed by atoms with van der Waals surface area (Å²) in [6.45, 7) is 5.37. The lowest BCUT2D eigenvalue weighted by Crippen LogP contribution is -2.50. The van der Waals surface area contributed by atoms with Crippen LogP contribution in [0, 0.1) is 0 Å². The molecule has 0 N–H and O–H groups in total. The van der Waals surface area contributed by atoms with Crippen molar-refractivity contribution in [3.05, 3.63) is 35.9 Å². The first-order valence-electron chi connectivity index (χ1n) is 7.15.